The van der Waals surface area contributed by atoms with Crippen LogP contribution in [0.3, 0.4) is 0 Å². The summed E-state index contributed by atoms with van der Waals surface area (Å²) < 4.78 is 11.9. The Morgan fingerprint density at radius 1 is 0.889 bits per heavy atom. The normalized spacial score (nSPS) is 10.8. The highest BCUT2D eigenvalue weighted by Gasteiger charge is 2.28. The molecule has 3 aromatic rings. The number of fused-ring (bicyclic) bond motifs is 1. The molecule has 0 unspecified atom stereocenters. The van der Waals surface area contributed by atoms with Crippen LogP contribution in [-0.2, 0) is 9.47 Å². The Kier molecular flexibility index (Phi) is 5.26. The second-order valence-electron chi connectivity index (χ2n) is 6.16. The number of hydrogen-bond donors (Lipinski definition) is 0. The topological polar surface area (TPSA) is 69.9 Å². The first-order valence-corrected chi connectivity index (χ1v) is 8.91. The predicted molar refractivity (Wildman–Crippen MR) is 102 cm³/mol. The van der Waals surface area contributed by atoms with Gasteiger partial charge in [0.15, 0.2) is 0 Å². The molecule has 0 atom stereocenters. The van der Waals surface area contributed by atoms with Gasteiger partial charge >= 0.3 is 11.9 Å². The van der Waals surface area contributed by atoms with E-state index in [1.165, 1.54) is 0 Å². The summed E-state index contributed by atoms with van der Waals surface area (Å²) in [7, 11) is 0. The molecule has 0 fully saturated rings. The van der Waals surface area contributed by atoms with Gasteiger partial charge in [-0.15, -0.1) is 0 Å². The standard InChI is InChI=1S/C21H22N2O4/c1-5-26-20(24)18-14(4)23-17(19(18)21(25)27-6-2)12-11-16(22-23)15-9-7-13(3)8-10-15/h7-12H,5-6H2,1-4H3. The molecule has 0 radical (unpaired) electrons. The number of carbonyl (C=O) groups is 2. The van der Waals surface area contributed by atoms with Gasteiger partial charge < -0.3 is 9.47 Å². The van der Waals surface area contributed by atoms with Gasteiger partial charge in [-0.3, -0.25) is 0 Å². The molecule has 6 nitrogen and oxygen atoms in total. The number of aromatic nitrogens is 2. The smallest absolute Gasteiger partial charge is 0.341 e. The largest absolute Gasteiger partial charge is 0.462 e. The van der Waals surface area contributed by atoms with E-state index in [0.717, 1.165) is 16.8 Å². The van der Waals surface area contributed by atoms with E-state index in [-0.39, 0.29) is 24.3 Å². The molecule has 3 rings (SSSR count). The van der Waals surface area contributed by atoms with Gasteiger partial charge in [-0.2, -0.15) is 5.10 Å². The van der Waals surface area contributed by atoms with Crippen molar-refractivity contribution < 1.29 is 19.1 Å². The molecule has 6 heteroatoms. The number of rotatable bonds is 5. The van der Waals surface area contributed by atoms with Gasteiger partial charge in [0, 0.05) is 5.56 Å². The molecular formula is C21H22N2O4. The Hall–Kier alpha value is -3.15. The number of carbonyl (C=O) groups excluding carboxylic acids is 2. The third-order valence-corrected chi connectivity index (χ3v) is 4.33. The molecule has 0 saturated heterocycles. The molecule has 2 heterocycles. The number of ether oxygens (including phenoxy) is 2. The molecule has 0 N–H and O–H groups in total. The van der Waals surface area contributed by atoms with E-state index in [1.807, 2.05) is 37.3 Å². The molecule has 0 aliphatic rings. The lowest BCUT2D eigenvalue weighted by molar-refractivity contribution is 0.0481. The third-order valence-electron chi connectivity index (χ3n) is 4.33. The zero-order valence-corrected chi connectivity index (χ0v) is 15.9. The van der Waals surface area contributed by atoms with Gasteiger partial charge in [-0.1, -0.05) is 29.8 Å². The summed E-state index contributed by atoms with van der Waals surface area (Å²) in [5.41, 5.74) is 4.30. The van der Waals surface area contributed by atoms with Crippen LogP contribution in [0.1, 0.15) is 45.8 Å². The van der Waals surface area contributed by atoms with Crippen LogP contribution < -0.4 is 0 Å². The fourth-order valence-corrected chi connectivity index (χ4v) is 3.02. The fourth-order valence-electron chi connectivity index (χ4n) is 3.02. The van der Waals surface area contributed by atoms with Gasteiger partial charge in [-0.25, -0.2) is 14.1 Å². The summed E-state index contributed by atoms with van der Waals surface area (Å²) in [4.78, 5) is 25.0. The molecule has 0 aliphatic carbocycles. The second-order valence-corrected chi connectivity index (χ2v) is 6.16. The van der Waals surface area contributed by atoms with Crippen molar-refractivity contribution >= 4 is 17.5 Å². The van der Waals surface area contributed by atoms with Gasteiger partial charge in [0.1, 0.15) is 5.56 Å². The van der Waals surface area contributed by atoms with Crippen molar-refractivity contribution in [1.82, 2.24) is 9.61 Å². The highest BCUT2D eigenvalue weighted by molar-refractivity contribution is 6.09. The summed E-state index contributed by atoms with van der Waals surface area (Å²) >= 11 is 0. The van der Waals surface area contributed by atoms with Crippen molar-refractivity contribution in [3.8, 4) is 11.3 Å². The summed E-state index contributed by atoms with van der Waals surface area (Å²) in [5, 5.41) is 4.64. The maximum Gasteiger partial charge on any atom is 0.341 e. The van der Waals surface area contributed by atoms with Crippen molar-refractivity contribution in [2.45, 2.75) is 27.7 Å². The van der Waals surface area contributed by atoms with E-state index in [2.05, 4.69) is 5.10 Å². The highest BCUT2D eigenvalue weighted by Crippen LogP contribution is 2.27. The van der Waals surface area contributed by atoms with Crippen molar-refractivity contribution in [1.29, 1.82) is 0 Å². The van der Waals surface area contributed by atoms with Crippen molar-refractivity contribution in [3.63, 3.8) is 0 Å². The highest BCUT2D eigenvalue weighted by atomic mass is 16.5. The first kappa shape index (κ1) is 18.6. The summed E-state index contributed by atoms with van der Waals surface area (Å²) in [6.45, 7) is 7.64. The average Bonchev–Trinajstić information content (AvgIpc) is 2.95. The van der Waals surface area contributed by atoms with Crippen LogP contribution in [0.4, 0.5) is 0 Å². The Balaban J connectivity index is 2.22. The zero-order chi connectivity index (χ0) is 19.6. The quantitative estimate of drug-likeness (QED) is 0.639. The van der Waals surface area contributed by atoms with Crippen LogP contribution in [0.15, 0.2) is 36.4 Å². The van der Waals surface area contributed by atoms with Gasteiger partial charge in [0.05, 0.1) is 35.7 Å². The molecule has 0 amide bonds. The van der Waals surface area contributed by atoms with Gasteiger partial charge in [0.25, 0.3) is 0 Å². The number of hydrogen-bond acceptors (Lipinski definition) is 5. The van der Waals surface area contributed by atoms with E-state index >= 15 is 0 Å². The molecule has 0 spiro atoms. The number of benzene rings is 1. The molecular weight excluding hydrogens is 344 g/mol. The van der Waals surface area contributed by atoms with Crippen LogP contribution in [0.5, 0.6) is 0 Å². The maximum atomic E-state index is 12.5. The van der Waals surface area contributed by atoms with E-state index in [9.17, 15) is 9.59 Å². The van der Waals surface area contributed by atoms with E-state index in [4.69, 9.17) is 9.47 Å². The lowest BCUT2D eigenvalue weighted by Crippen LogP contribution is -2.13. The van der Waals surface area contributed by atoms with E-state index < -0.39 is 11.9 Å². The van der Waals surface area contributed by atoms with Crippen LogP contribution in [0, 0.1) is 13.8 Å². The van der Waals surface area contributed by atoms with Gasteiger partial charge in [0.2, 0.25) is 0 Å². The van der Waals surface area contributed by atoms with Crippen LogP contribution in [0.2, 0.25) is 0 Å². The van der Waals surface area contributed by atoms with E-state index in [0.29, 0.717) is 11.2 Å². The minimum atomic E-state index is -0.559. The molecule has 1 aromatic carbocycles. The third kappa shape index (κ3) is 3.43. The molecule has 0 aliphatic heterocycles. The Morgan fingerprint density at radius 2 is 1.48 bits per heavy atom. The maximum absolute atomic E-state index is 12.5. The summed E-state index contributed by atoms with van der Waals surface area (Å²) in [6.07, 6.45) is 0. The fraction of sp³-hybridized carbons (Fsp3) is 0.286. The molecule has 0 bridgehead atoms. The Bertz CT molecular complexity index is 1000. The van der Waals surface area contributed by atoms with Crippen LogP contribution in [0.25, 0.3) is 16.8 Å². The predicted octanol–water partition coefficient (Wildman–Crippen LogP) is 3.97. The van der Waals surface area contributed by atoms with Crippen molar-refractivity contribution in [3.05, 3.63) is 58.8 Å². The van der Waals surface area contributed by atoms with Crippen LogP contribution >= 0.6 is 0 Å². The second kappa shape index (κ2) is 7.61. The molecule has 2 aromatic heterocycles. The average molecular weight is 366 g/mol. The lowest BCUT2D eigenvalue weighted by atomic mass is 10.1. The number of esters is 2. The first-order valence-electron chi connectivity index (χ1n) is 8.91. The van der Waals surface area contributed by atoms with Crippen molar-refractivity contribution in [2.75, 3.05) is 13.2 Å². The number of nitrogens with zero attached hydrogens (tertiary/aromatic N) is 2. The monoisotopic (exact) mass is 366 g/mol. The summed E-state index contributed by atoms with van der Waals surface area (Å²) in [6, 6.07) is 11.6. The van der Waals surface area contributed by atoms with Crippen LogP contribution in [-0.4, -0.2) is 34.8 Å². The number of aryl methyl sites for hydroxylation is 2. The Morgan fingerprint density at radius 3 is 2.07 bits per heavy atom. The van der Waals surface area contributed by atoms with Gasteiger partial charge in [-0.05, 0) is 39.8 Å². The molecule has 27 heavy (non-hydrogen) atoms. The Labute approximate surface area is 157 Å². The minimum Gasteiger partial charge on any atom is -0.462 e. The zero-order valence-electron chi connectivity index (χ0n) is 15.9. The molecule has 140 valence electrons. The molecule has 0 saturated carbocycles. The minimum absolute atomic E-state index is 0.191. The SMILES string of the molecule is CCOC(=O)c1c(C(=O)OCC)c2ccc(-c3ccc(C)cc3)nn2c1C. The van der Waals surface area contributed by atoms with E-state index in [1.54, 1.807) is 31.4 Å². The first-order chi connectivity index (χ1) is 13.0. The van der Waals surface area contributed by atoms with Crippen molar-refractivity contribution in [2.24, 2.45) is 0 Å². The lowest BCUT2D eigenvalue weighted by Gasteiger charge is -2.05. The summed E-state index contributed by atoms with van der Waals surface area (Å²) in [5.74, 6) is -1.11.